The highest BCUT2D eigenvalue weighted by atomic mass is 16.1. The predicted molar refractivity (Wildman–Crippen MR) is 54.8 cm³/mol. The van der Waals surface area contributed by atoms with Gasteiger partial charge in [0, 0.05) is 31.3 Å². The first kappa shape index (κ1) is 10.7. The normalized spacial score (nSPS) is 12.6. The number of amides is 1. The van der Waals surface area contributed by atoms with Crippen LogP contribution in [0.1, 0.15) is 19.0 Å². The van der Waals surface area contributed by atoms with Crippen molar-refractivity contribution in [1.29, 1.82) is 0 Å². The van der Waals surface area contributed by atoms with Crippen molar-refractivity contribution >= 4 is 11.7 Å². The molecule has 1 heterocycles. The van der Waals surface area contributed by atoms with Gasteiger partial charge in [0.25, 0.3) is 0 Å². The number of carbonyl (C=O) groups is 1. The molecule has 0 spiro atoms. The van der Waals surface area contributed by atoms with Gasteiger partial charge in [0.15, 0.2) is 5.82 Å². The fourth-order valence-electron chi connectivity index (χ4n) is 1.11. The van der Waals surface area contributed by atoms with Gasteiger partial charge in [0.05, 0.1) is 0 Å². The molecular weight excluding hydrogens is 180 g/mol. The Hall–Kier alpha value is -1.36. The second kappa shape index (κ2) is 4.23. The summed E-state index contributed by atoms with van der Waals surface area (Å²) in [5.74, 6) is 0.480. The second-order valence-corrected chi connectivity index (χ2v) is 3.52. The number of nitrogens with two attached hydrogens (primary N) is 1. The average Bonchev–Trinajstić information content (AvgIpc) is 2.28. The monoisotopic (exact) mass is 196 g/mol. The minimum atomic E-state index is -0.125. The van der Waals surface area contributed by atoms with Gasteiger partial charge in [-0.1, -0.05) is 0 Å². The van der Waals surface area contributed by atoms with E-state index in [1.165, 1.54) is 0 Å². The maximum atomic E-state index is 11.3. The Morgan fingerprint density at radius 1 is 1.79 bits per heavy atom. The summed E-state index contributed by atoms with van der Waals surface area (Å²) in [4.78, 5) is 11.3. The van der Waals surface area contributed by atoms with E-state index in [1.54, 1.807) is 11.6 Å². The van der Waals surface area contributed by atoms with Crippen molar-refractivity contribution in [3.63, 3.8) is 0 Å². The Morgan fingerprint density at radius 3 is 2.86 bits per heavy atom. The van der Waals surface area contributed by atoms with Gasteiger partial charge < -0.3 is 11.1 Å². The van der Waals surface area contributed by atoms with Crippen LogP contribution in [-0.4, -0.2) is 21.7 Å². The lowest BCUT2D eigenvalue weighted by Crippen LogP contribution is -2.24. The van der Waals surface area contributed by atoms with Crippen molar-refractivity contribution in [3.05, 3.63) is 11.8 Å². The minimum absolute atomic E-state index is 0.0990. The van der Waals surface area contributed by atoms with Crippen molar-refractivity contribution < 1.29 is 4.79 Å². The van der Waals surface area contributed by atoms with E-state index in [1.807, 2.05) is 20.0 Å². The number of nitrogens with zero attached hydrogens (tertiary/aromatic N) is 2. The summed E-state index contributed by atoms with van der Waals surface area (Å²) in [6.45, 7) is 3.72. The zero-order valence-corrected chi connectivity index (χ0v) is 8.74. The van der Waals surface area contributed by atoms with Crippen LogP contribution in [0.15, 0.2) is 6.07 Å². The third kappa shape index (κ3) is 2.85. The SMILES string of the molecule is Cc1cc(NC(=O)CC(C)N)nn1C. The zero-order chi connectivity index (χ0) is 10.7. The molecule has 0 aromatic carbocycles. The van der Waals surface area contributed by atoms with Gasteiger partial charge in [-0.05, 0) is 13.8 Å². The van der Waals surface area contributed by atoms with Gasteiger partial charge in [-0.3, -0.25) is 9.48 Å². The Bertz CT molecular complexity index is 310. The van der Waals surface area contributed by atoms with Gasteiger partial charge >= 0.3 is 0 Å². The lowest BCUT2D eigenvalue weighted by atomic mass is 10.2. The van der Waals surface area contributed by atoms with Gasteiger partial charge in [-0.25, -0.2) is 0 Å². The molecule has 3 N–H and O–H groups in total. The number of nitrogens with one attached hydrogen (secondary N) is 1. The third-order valence-corrected chi connectivity index (χ3v) is 1.89. The van der Waals surface area contributed by atoms with E-state index >= 15 is 0 Å². The van der Waals surface area contributed by atoms with Crippen molar-refractivity contribution in [2.24, 2.45) is 12.8 Å². The Labute approximate surface area is 83.3 Å². The number of hydrogen-bond donors (Lipinski definition) is 2. The van der Waals surface area contributed by atoms with Crippen LogP contribution in [0.2, 0.25) is 0 Å². The molecule has 1 aromatic heterocycles. The fraction of sp³-hybridized carbons (Fsp3) is 0.556. The standard InChI is InChI=1S/C9H16N4O/c1-6(10)4-9(14)11-8-5-7(2)13(3)12-8/h5-6H,4,10H2,1-3H3,(H,11,12,14). The highest BCUT2D eigenvalue weighted by Gasteiger charge is 2.07. The van der Waals surface area contributed by atoms with Crippen molar-refractivity contribution in [1.82, 2.24) is 9.78 Å². The molecule has 5 heteroatoms. The molecule has 1 atom stereocenters. The van der Waals surface area contributed by atoms with Crippen LogP contribution in [0.5, 0.6) is 0 Å². The summed E-state index contributed by atoms with van der Waals surface area (Å²) in [5.41, 5.74) is 6.50. The van der Waals surface area contributed by atoms with Crippen LogP contribution >= 0.6 is 0 Å². The number of hydrogen-bond acceptors (Lipinski definition) is 3. The van der Waals surface area contributed by atoms with E-state index in [4.69, 9.17) is 5.73 Å². The number of aromatic nitrogens is 2. The molecule has 0 saturated carbocycles. The van der Waals surface area contributed by atoms with E-state index in [0.717, 1.165) is 5.69 Å². The molecule has 0 fully saturated rings. The first-order chi connectivity index (χ1) is 6.49. The van der Waals surface area contributed by atoms with Gasteiger partial charge in [0.1, 0.15) is 0 Å². The van der Waals surface area contributed by atoms with E-state index in [0.29, 0.717) is 12.2 Å². The molecule has 1 rings (SSSR count). The molecule has 1 amide bonds. The van der Waals surface area contributed by atoms with E-state index < -0.39 is 0 Å². The highest BCUT2D eigenvalue weighted by molar-refractivity contribution is 5.90. The molecule has 1 aromatic rings. The van der Waals surface area contributed by atoms with Crippen LogP contribution in [0.25, 0.3) is 0 Å². The molecule has 0 saturated heterocycles. The molecule has 0 aliphatic carbocycles. The van der Waals surface area contributed by atoms with Crippen molar-refractivity contribution in [2.45, 2.75) is 26.3 Å². The van der Waals surface area contributed by atoms with E-state index in [9.17, 15) is 4.79 Å². The third-order valence-electron chi connectivity index (χ3n) is 1.89. The fourth-order valence-corrected chi connectivity index (χ4v) is 1.11. The first-order valence-corrected chi connectivity index (χ1v) is 4.55. The summed E-state index contributed by atoms with van der Waals surface area (Å²) in [6.07, 6.45) is 0.315. The van der Waals surface area contributed by atoms with Crippen LogP contribution in [-0.2, 0) is 11.8 Å². The Morgan fingerprint density at radius 2 is 2.43 bits per heavy atom. The number of anilines is 1. The van der Waals surface area contributed by atoms with Crippen molar-refractivity contribution in [2.75, 3.05) is 5.32 Å². The number of rotatable bonds is 3. The Balaban J connectivity index is 2.56. The molecule has 1 unspecified atom stereocenters. The number of aryl methyl sites for hydroxylation is 2. The maximum Gasteiger partial charge on any atom is 0.227 e. The lowest BCUT2D eigenvalue weighted by Gasteiger charge is -2.03. The summed E-state index contributed by atoms with van der Waals surface area (Å²) in [6, 6.07) is 1.69. The molecule has 0 bridgehead atoms. The second-order valence-electron chi connectivity index (χ2n) is 3.52. The van der Waals surface area contributed by atoms with Gasteiger partial charge in [0.2, 0.25) is 5.91 Å². The molecule has 78 valence electrons. The maximum absolute atomic E-state index is 11.3. The van der Waals surface area contributed by atoms with E-state index in [2.05, 4.69) is 10.4 Å². The molecule has 0 radical (unpaired) electrons. The minimum Gasteiger partial charge on any atom is -0.327 e. The highest BCUT2D eigenvalue weighted by Crippen LogP contribution is 2.07. The zero-order valence-electron chi connectivity index (χ0n) is 8.74. The van der Waals surface area contributed by atoms with E-state index in [-0.39, 0.29) is 11.9 Å². The quantitative estimate of drug-likeness (QED) is 0.735. The molecular formula is C9H16N4O. The molecule has 5 nitrogen and oxygen atoms in total. The van der Waals surface area contributed by atoms with Crippen LogP contribution in [0.4, 0.5) is 5.82 Å². The summed E-state index contributed by atoms with van der Waals surface area (Å²) < 4.78 is 1.71. The van der Waals surface area contributed by atoms with Gasteiger partial charge in [-0.15, -0.1) is 0 Å². The Kier molecular flexibility index (Phi) is 3.24. The first-order valence-electron chi connectivity index (χ1n) is 4.55. The smallest absolute Gasteiger partial charge is 0.227 e. The van der Waals surface area contributed by atoms with Crippen LogP contribution in [0, 0.1) is 6.92 Å². The topological polar surface area (TPSA) is 72.9 Å². The lowest BCUT2D eigenvalue weighted by molar-refractivity contribution is -0.116. The molecule has 0 aliphatic rings. The summed E-state index contributed by atoms with van der Waals surface area (Å²) >= 11 is 0. The predicted octanol–water partition coefficient (Wildman–Crippen LogP) is 0.404. The molecule has 0 aliphatic heterocycles. The van der Waals surface area contributed by atoms with Crippen LogP contribution in [0.3, 0.4) is 0 Å². The van der Waals surface area contributed by atoms with Crippen molar-refractivity contribution in [3.8, 4) is 0 Å². The number of carbonyl (C=O) groups excluding carboxylic acids is 1. The van der Waals surface area contributed by atoms with Gasteiger partial charge in [-0.2, -0.15) is 5.10 Å². The molecule has 14 heavy (non-hydrogen) atoms. The van der Waals surface area contributed by atoms with Crippen LogP contribution < -0.4 is 11.1 Å². The largest absolute Gasteiger partial charge is 0.327 e. The summed E-state index contributed by atoms with van der Waals surface area (Å²) in [5, 5.41) is 6.79. The summed E-state index contributed by atoms with van der Waals surface area (Å²) in [7, 11) is 1.83. The average molecular weight is 196 g/mol.